The second-order valence-corrected chi connectivity index (χ2v) is 4.22. The molecule has 1 atom stereocenters. The van der Waals surface area contributed by atoms with E-state index in [1.54, 1.807) is 0 Å². The van der Waals surface area contributed by atoms with E-state index in [0.717, 1.165) is 13.0 Å². The Morgan fingerprint density at radius 2 is 2.33 bits per heavy atom. The van der Waals surface area contributed by atoms with Gasteiger partial charge in [0.2, 0.25) is 0 Å². The molecule has 1 heterocycles. The first-order valence-corrected chi connectivity index (χ1v) is 5.94. The van der Waals surface area contributed by atoms with E-state index in [4.69, 9.17) is 14.6 Å². The number of aliphatic carboxylic acids is 1. The zero-order chi connectivity index (χ0) is 13.4. The highest BCUT2D eigenvalue weighted by atomic mass is 16.5. The summed E-state index contributed by atoms with van der Waals surface area (Å²) in [5.74, 6) is -0.714. The van der Waals surface area contributed by atoms with E-state index >= 15 is 0 Å². The molecule has 104 valence electrons. The van der Waals surface area contributed by atoms with Gasteiger partial charge in [-0.1, -0.05) is 0 Å². The molecule has 0 bridgehead atoms. The third-order valence-corrected chi connectivity index (χ3v) is 2.74. The Labute approximate surface area is 106 Å². The van der Waals surface area contributed by atoms with Crippen LogP contribution in [0.2, 0.25) is 0 Å². The first-order chi connectivity index (χ1) is 8.63. The molecule has 0 spiro atoms. The van der Waals surface area contributed by atoms with E-state index in [1.165, 1.54) is 12.0 Å². The molecule has 0 aromatic rings. The minimum atomic E-state index is -1.04. The molecule has 1 aliphatic rings. The summed E-state index contributed by atoms with van der Waals surface area (Å²) in [6.45, 7) is 2.14. The van der Waals surface area contributed by atoms with Crippen LogP contribution < -0.4 is 5.32 Å². The molecule has 0 aromatic carbocycles. The number of carboxylic acid groups (broad SMARTS) is 1. The average molecular weight is 260 g/mol. The quantitative estimate of drug-likeness (QED) is 0.660. The van der Waals surface area contributed by atoms with Gasteiger partial charge in [-0.25, -0.2) is 4.79 Å². The third kappa shape index (κ3) is 5.33. The molecule has 1 saturated heterocycles. The van der Waals surface area contributed by atoms with Gasteiger partial charge in [0.15, 0.2) is 0 Å². The maximum Gasteiger partial charge on any atom is 0.323 e. The number of amides is 2. The first kappa shape index (κ1) is 14.7. The molecule has 18 heavy (non-hydrogen) atoms. The Balaban J connectivity index is 2.34. The molecule has 2 amide bonds. The number of hydrogen-bond acceptors (Lipinski definition) is 4. The average Bonchev–Trinajstić information content (AvgIpc) is 2.84. The lowest BCUT2D eigenvalue weighted by Gasteiger charge is -2.21. The van der Waals surface area contributed by atoms with Gasteiger partial charge >= 0.3 is 12.0 Å². The fraction of sp³-hybridized carbons (Fsp3) is 0.818. The van der Waals surface area contributed by atoms with Crippen molar-refractivity contribution in [3.63, 3.8) is 0 Å². The van der Waals surface area contributed by atoms with Crippen molar-refractivity contribution in [2.24, 2.45) is 5.92 Å². The number of methoxy groups -OCH3 is 1. The molecule has 0 aromatic heterocycles. The number of rotatable bonds is 7. The monoisotopic (exact) mass is 260 g/mol. The number of carboxylic acids is 1. The van der Waals surface area contributed by atoms with Crippen molar-refractivity contribution < 1.29 is 24.2 Å². The number of carbonyl (C=O) groups excluding carboxylic acids is 1. The van der Waals surface area contributed by atoms with Gasteiger partial charge in [0.1, 0.15) is 6.54 Å². The van der Waals surface area contributed by atoms with Gasteiger partial charge in [-0.2, -0.15) is 0 Å². The highest BCUT2D eigenvalue weighted by Crippen LogP contribution is 2.10. The van der Waals surface area contributed by atoms with Gasteiger partial charge in [0.05, 0.1) is 13.2 Å². The predicted molar refractivity (Wildman–Crippen MR) is 63.4 cm³/mol. The van der Waals surface area contributed by atoms with Crippen molar-refractivity contribution in [3.05, 3.63) is 0 Å². The Bertz CT molecular complexity index is 279. The summed E-state index contributed by atoms with van der Waals surface area (Å²) in [4.78, 5) is 23.7. The Morgan fingerprint density at radius 3 is 2.89 bits per heavy atom. The van der Waals surface area contributed by atoms with Crippen molar-refractivity contribution in [2.75, 3.05) is 46.6 Å². The lowest BCUT2D eigenvalue weighted by atomic mass is 10.1. The lowest BCUT2D eigenvalue weighted by molar-refractivity contribution is -0.137. The van der Waals surface area contributed by atoms with Gasteiger partial charge in [0.25, 0.3) is 0 Å². The van der Waals surface area contributed by atoms with E-state index in [0.29, 0.717) is 25.7 Å². The van der Waals surface area contributed by atoms with Gasteiger partial charge in [-0.15, -0.1) is 0 Å². The van der Waals surface area contributed by atoms with Crippen LogP contribution in [0.1, 0.15) is 6.42 Å². The molecule has 1 fully saturated rings. The molecular weight excluding hydrogens is 240 g/mol. The number of nitrogens with zero attached hydrogens (tertiary/aromatic N) is 1. The highest BCUT2D eigenvalue weighted by Gasteiger charge is 2.20. The van der Waals surface area contributed by atoms with Gasteiger partial charge in [0, 0.05) is 32.7 Å². The Morgan fingerprint density at radius 1 is 1.56 bits per heavy atom. The largest absolute Gasteiger partial charge is 0.480 e. The Kier molecular flexibility index (Phi) is 6.45. The van der Waals surface area contributed by atoms with Crippen LogP contribution >= 0.6 is 0 Å². The number of ether oxygens (including phenoxy) is 2. The molecule has 0 saturated carbocycles. The molecule has 0 radical (unpaired) electrons. The van der Waals surface area contributed by atoms with Crippen LogP contribution in [0.4, 0.5) is 4.79 Å². The second kappa shape index (κ2) is 7.88. The fourth-order valence-electron chi connectivity index (χ4n) is 1.70. The van der Waals surface area contributed by atoms with E-state index in [-0.39, 0.29) is 19.1 Å². The van der Waals surface area contributed by atoms with Crippen LogP contribution in [0.25, 0.3) is 0 Å². The van der Waals surface area contributed by atoms with Crippen LogP contribution in [0.3, 0.4) is 0 Å². The zero-order valence-electron chi connectivity index (χ0n) is 10.6. The summed E-state index contributed by atoms with van der Waals surface area (Å²) in [7, 11) is 1.51. The van der Waals surface area contributed by atoms with Crippen molar-refractivity contribution in [2.45, 2.75) is 6.42 Å². The summed E-state index contributed by atoms with van der Waals surface area (Å²) >= 11 is 0. The Hall–Kier alpha value is -1.34. The lowest BCUT2D eigenvalue weighted by Crippen LogP contribution is -2.45. The van der Waals surface area contributed by atoms with Crippen LogP contribution in [-0.4, -0.2) is 68.6 Å². The molecule has 1 rings (SSSR count). The standard InChI is InChI=1S/C11H20N2O5/c1-17-5-3-13(7-10(14)15)11(16)12-6-9-2-4-18-8-9/h9H,2-8H2,1H3,(H,12,16)(H,14,15). The number of carbonyl (C=O) groups is 2. The van der Waals surface area contributed by atoms with Crippen molar-refractivity contribution >= 4 is 12.0 Å². The summed E-state index contributed by atoms with van der Waals surface area (Å²) < 4.78 is 10.0. The number of hydrogen-bond donors (Lipinski definition) is 2. The molecule has 0 aliphatic carbocycles. The van der Waals surface area contributed by atoms with Crippen LogP contribution in [0, 0.1) is 5.92 Å². The molecular formula is C11H20N2O5. The van der Waals surface area contributed by atoms with Crippen molar-refractivity contribution in [3.8, 4) is 0 Å². The highest BCUT2D eigenvalue weighted by molar-refractivity contribution is 5.80. The smallest absolute Gasteiger partial charge is 0.323 e. The van der Waals surface area contributed by atoms with Gasteiger partial charge in [-0.05, 0) is 6.42 Å². The number of urea groups is 1. The van der Waals surface area contributed by atoms with Crippen LogP contribution in [0.15, 0.2) is 0 Å². The van der Waals surface area contributed by atoms with Gasteiger partial charge in [-0.3, -0.25) is 4.79 Å². The fourth-order valence-corrected chi connectivity index (χ4v) is 1.70. The van der Waals surface area contributed by atoms with Gasteiger partial charge < -0.3 is 24.8 Å². The molecule has 1 aliphatic heterocycles. The molecule has 7 nitrogen and oxygen atoms in total. The SMILES string of the molecule is COCCN(CC(=O)O)C(=O)NCC1CCOC1. The van der Waals surface area contributed by atoms with E-state index in [9.17, 15) is 9.59 Å². The van der Waals surface area contributed by atoms with E-state index in [2.05, 4.69) is 5.32 Å². The minimum absolute atomic E-state index is 0.260. The topological polar surface area (TPSA) is 88.1 Å². The maximum absolute atomic E-state index is 11.8. The molecule has 2 N–H and O–H groups in total. The maximum atomic E-state index is 11.8. The summed E-state index contributed by atoms with van der Waals surface area (Å²) in [5, 5.41) is 11.5. The van der Waals surface area contributed by atoms with E-state index in [1.807, 2.05) is 0 Å². The summed E-state index contributed by atoms with van der Waals surface area (Å²) in [5.41, 5.74) is 0. The minimum Gasteiger partial charge on any atom is -0.480 e. The van der Waals surface area contributed by atoms with Crippen LogP contribution in [0.5, 0.6) is 0 Å². The van der Waals surface area contributed by atoms with Crippen molar-refractivity contribution in [1.29, 1.82) is 0 Å². The molecule has 7 heteroatoms. The van der Waals surface area contributed by atoms with Crippen molar-refractivity contribution in [1.82, 2.24) is 10.2 Å². The first-order valence-electron chi connectivity index (χ1n) is 5.94. The van der Waals surface area contributed by atoms with E-state index < -0.39 is 5.97 Å². The van der Waals surface area contributed by atoms with Crippen LogP contribution in [-0.2, 0) is 14.3 Å². The normalized spacial score (nSPS) is 18.6. The second-order valence-electron chi connectivity index (χ2n) is 4.22. The molecule has 1 unspecified atom stereocenters. The zero-order valence-corrected chi connectivity index (χ0v) is 10.6. The third-order valence-electron chi connectivity index (χ3n) is 2.74. The summed E-state index contributed by atoms with van der Waals surface area (Å²) in [6, 6.07) is -0.374. The number of nitrogens with one attached hydrogen (secondary N) is 1. The predicted octanol–water partition coefficient (Wildman–Crippen LogP) is -0.234. The summed E-state index contributed by atoms with van der Waals surface area (Å²) in [6.07, 6.45) is 0.928.